The predicted octanol–water partition coefficient (Wildman–Crippen LogP) is 3.52. The highest BCUT2D eigenvalue weighted by Crippen LogP contribution is 2.24. The lowest BCUT2D eigenvalue weighted by Gasteiger charge is -2.35. The molecule has 1 aliphatic rings. The third kappa shape index (κ3) is 7.58. The lowest BCUT2D eigenvalue weighted by Crippen LogP contribution is -2.46. The van der Waals surface area contributed by atoms with Crippen molar-refractivity contribution in [3.63, 3.8) is 0 Å². The van der Waals surface area contributed by atoms with Gasteiger partial charge < -0.3 is 20.1 Å². The van der Waals surface area contributed by atoms with Crippen LogP contribution >= 0.6 is 35.3 Å². The highest BCUT2D eigenvalue weighted by Gasteiger charge is 2.23. The summed E-state index contributed by atoms with van der Waals surface area (Å²) in [7, 11) is 1.70. The van der Waals surface area contributed by atoms with Crippen molar-refractivity contribution >= 4 is 41.3 Å². The fraction of sp³-hybridized carbons (Fsp3) is 0.545. The Morgan fingerprint density at radius 3 is 2.52 bits per heavy atom. The predicted molar refractivity (Wildman–Crippen MR) is 138 cm³/mol. The molecule has 1 fully saturated rings. The highest BCUT2D eigenvalue weighted by molar-refractivity contribution is 14.0. The van der Waals surface area contributed by atoms with Gasteiger partial charge in [-0.15, -0.1) is 35.3 Å². The van der Waals surface area contributed by atoms with Crippen molar-refractivity contribution in [1.82, 2.24) is 20.5 Å². The number of ether oxygens (including phenoxy) is 2. The Kier molecular flexibility index (Phi) is 11.0. The van der Waals surface area contributed by atoms with Crippen molar-refractivity contribution in [1.29, 1.82) is 0 Å². The van der Waals surface area contributed by atoms with Crippen LogP contribution in [-0.4, -0.2) is 62.3 Å². The van der Waals surface area contributed by atoms with E-state index in [1.165, 1.54) is 10.4 Å². The van der Waals surface area contributed by atoms with Crippen LogP contribution in [0, 0.1) is 13.8 Å². The number of methoxy groups -OCH3 is 1. The van der Waals surface area contributed by atoms with Crippen LogP contribution in [0.1, 0.15) is 34.1 Å². The number of morpholine rings is 1. The van der Waals surface area contributed by atoms with Crippen LogP contribution in [0.4, 0.5) is 0 Å². The molecule has 31 heavy (non-hydrogen) atoms. The number of hydrogen-bond acceptors (Lipinski definition) is 6. The first kappa shape index (κ1) is 25.8. The number of aryl methyl sites for hydroxylation is 2. The van der Waals surface area contributed by atoms with E-state index in [1.807, 2.05) is 26.0 Å². The zero-order valence-electron chi connectivity index (χ0n) is 18.8. The van der Waals surface area contributed by atoms with Crippen molar-refractivity contribution in [2.24, 2.45) is 4.99 Å². The summed E-state index contributed by atoms with van der Waals surface area (Å²) in [5.41, 5.74) is 2.33. The summed E-state index contributed by atoms with van der Waals surface area (Å²) in [6.07, 6.45) is 0. The van der Waals surface area contributed by atoms with Crippen molar-refractivity contribution in [2.45, 2.75) is 33.4 Å². The molecule has 2 heterocycles. The Morgan fingerprint density at radius 1 is 1.23 bits per heavy atom. The summed E-state index contributed by atoms with van der Waals surface area (Å²) in [6.45, 7) is 11.8. The zero-order valence-corrected chi connectivity index (χ0v) is 22.0. The maximum absolute atomic E-state index is 5.56. The van der Waals surface area contributed by atoms with Gasteiger partial charge in [0, 0.05) is 31.1 Å². The van der Waals surface area contributed by atoms with E-state index in [4.69, 9.17) is 14.5 Å². The van der Waals surface area contributed by atoms with E-state index in [2.05, 4.69) is 39.6 Å². The van der Waals surface area contributed by atoms with Gasteiger partial charge in [-0.2, -0.15) is 0 Å². The smallest absolute Gasteiger partial charge is 0.191 e. The average molecular weight is 560 g/mol. The molecule has 7 nitrogen and oxygen atoms in total. The summed E-state index contributed by atoms with van der Waals surface area (Å²) in [4.78, 5) is 13.0. The second-order valence-corrected chi connectivity index (χ2v) is 8.54. The molecule has 2 aromatic rings. The van der Waals surface area contributed by atoms with Crippen molar-refractivity contribution in [3.05, 3.63) is 45.4 Å². The number of thiazole rings is 1. The molecule has 2 N–H and O–H groups in total. The SMILES string of the molecule is CCNC(=NCc1sc(C)nc1C)NCC(c1ccc(OC)cc1)N1CCOCC1.I. The summed E-state index contributed by atoms with van der Waals surface area (Å²) in [6, 6.07) is 8.58. The molecule has 1 aliphatic heterocycles. The number of aromatic nitrogens is 1. The van der Waals surface area contributed by atoms with Gasteiger partial charge in [0.1, 0.15) is 5.75 Å². The molecule has 0 spiro atoms. The first-order valence-electron chi connectivity index (χ1n) is 10.5. The monoisotopic (exact) mass is 559 g/mol. The lowest BCUT2D eigenvalue weighted by atomic mass is 10.0. The van der Waals surface area contributed by atoms with E-state index in [1.54, 1.807) is 18.4 Å². The Labute approximate surface area is 206 Å². The van der Waals surface area contributed by atoms with Crippen LogP contribution in [0.5, 0.6) is 5.75 Å². The van der Waals surface area contributed by atoms with Crippen molar-refractivity contribution in [2.75, 3.05) is 46.5 Å². The fourth-order valence-electron chi connectivity index (χ4n) is 3.58. The van der Waals surface area contributed by atoms with Crippen LogP contribution in [0.15, 0.2) is 29.3 Å². The third-order valence-corrected chi connectivity index (χ3v) is 6.23. The number of nitrogens with zero attached hydrogens (tertiary/aromatic N) is 3. The molecule has 3 rings (SSSR count). The topological polar surface area (TPSA) is 71.0 Å². The molecular weight excluding hydrogens is 525 g/mol. The van der Waals surface area contributed by atoms with E-state index in [-0.39, 0.29) is 30.0 Å². The number of benzene rings is 1. The van der Waals surface area contributed by atoms with Crippen LogP contribution in [0.2, 0.25) is 0 Å². The number of rotatable bonds is 8. The largest absolute Gasteiger partial charge is 0.497 e. The summed E-state index contributed by atoms with van der Waals surface area (Å²) in [5.74, 6) is 1.70. The molecule has 172 valence electrons. The lowest BCUT2D eigenvalue weighted by molar-refractivity contribution is 0.0170. The molecule has 0 amide bonds. The van der Waals surface area contributed by atoms with Crippen LogP contribution in [-0.2, 0) is 11.3 Å². The molecular formula is C22H34IN5O2S. The van der Waals surface area contributed by atoms with E-state index in [9.17, 15) is 0 Å². The van der Waals surface area contributed by atoms with Gasteiger partial charge in [0.05, 0.1) is 43.6 Å². The minimum atomic E-state index is 0. The second kappa shape index (κ2) is 13.2. The van der Waals surface area contributed by atoms with Gasteiger partial charge in [0.15, 0.2) is 5.96 Å². The number of hydrogen-bond donors (Lipinski definition) is 2. The van der Waals surface area contributed by atoms with E-state index in [0.29, 0.717) is 6.54 Å². The molecule has 0 radical (unpaired) electrons. The van der Waals surface area contributed by atoms with Gasteiger partial charge in [-0.05, 0) is 38.5 Å². The van der Waals surface area contributed by atoms with Gasteiger partial charge in [0.2, 0.25) is 0 Å². The van der Waals surface area contributed by atoms with Gasteiger partial charge in [-0.25, -0.2) is 9.98 Å². The molecule has 1 atom stereocenters. The number of halogens is 1. The molecule has 0 bridgehead atoms. The van der Waals surface area contributed by atoms with Gasteiger partial charge in [0.25, 0.3) is 0 Å². The molecule has 0 saturated carbocycles. The molecule has 9 heteroatoms. The fourth-order valence-corrected chi connectivity index (χ4v) is 4.44. The summed E-state index contributed by atoms with van der Waals surface area (Å²) >= 11 is 1.71. The zero-order chi connectivity index (χ0) is 21.3. The Balaban J connectivity index is 0.00000341. The third-order valence-electron chi connectivity index (χ3n) is 5.17. The molecule has 1 aromatic carbocycles. The van der Waals surface area contributed by atoms with Gasteiger partial charge >= 0.3 is 0 Å². The quantitative estimate of drug-likeness (QED) is 0.293. The highest BCUT2D eigenvalue weighted by atomic mass is 127. The average Bonchev–Trinajstić information content (AvgIpc) is 3.10. The molecule has 1 aromatic heterocycles. The summed E-state index contributed by atoms with van der Waals surface area (Å²) < 4.78 is 10.9. The second-order valence-electron chi connectivity index (χ2n) is 7.25. The maximum atomic E-state index is 5.56. The van der Waals surface area contributed by atoms with Crippen molar-refractivity contribution < 1.29 is 9.47 Å². The van der Waals surface area contributed by atoms with E-state index >= 15 is 0 Å². The Morgan fingerprint density at radius 2 is 1.94 bits per heavy atom. The van der Waals surface area contributed by atoms with Crippen LogP contribution in [0.25, 0.3) is 0 Å². The minimum absolute atomic E-state index is 0. The molecule has 1 unspecified atom stereocenters. The Hall–Kier alpha value is -1.43. The standard InChI is InChI=1S/C22H33N5O2S.HI/c1-5-23-22(25-15-21-16(2)26-17(3)30-21)24-14-20(27-10-12-29-13-11-27)18-6-8-19(28-4)9-7-18;/h6-9,20H,5,10-15H2,1-4H3,(H2,23,24,25);1H. The normalized spacial score (nSPS) is 15.8. The van der Waals surface area contributed by atoms with Crippen molar-refractivity contribution in [3.8, 4) is 5.75 Å². The van der Waals surface area contributed by atoms with Gasteiger partial charge in [-0.1, -0.05) is 12.1 Å². The maximum Gasteiger partial charge on any atom is 0.191 e. The molecule has 1 saturated heterocycles. The minimum Gasteiger partial charge on any atom is -0.497 e. The molecule has 0 aliphatic carbocycles. The number of nitrogens with one attached hydrogen (secondary N) is 2. The Bertz CT molecular complexity index is 822. The van der Waals surface area contributed by atoms with Crippen LogP contribution in [0.3, 0.4) is 0 Å². The van der Waals surface area contributed by atoms with E-state index < -0.39 is 0 Å². The number of guanidine groups is 1. The summed E-state index contributed by atoms with van der Waals surface area (Å²) in [5, 5.41) is 8.00. The first-order valence-corrected chi connectivity index (χ1v) is 11.3. The van der Waals surface area contributed by atoms with E-state index in [0.717, 1.165) is 61.8 Å². The number of aliphatic imine (C=N–C) groups is 1. The van der Waals surface area contributed by atoms with Crippen LogP contribution < -0.4 is 15.4 Å². The first-order chi connectivity index (χ1) is 14.6. The van der Waals surface area contributed by atoms with Gasteiger partial charge in [-0.3, -0.25) is 4.90 Å².